The van der Waals surface area contributed by atoms with Crippen LogP contribution in [-0.4, -0.2) is 29.2 Å². The maximum absolute atomic E-state index is 14.0. The first kappa shape index (κ1) is 25.8. The molecule has 1 N–H and O–H groups in total. The fourth-order valence-corrected chi connectivity index (χ4v) is 2.83. The van der Waals surface area contributed by atoms with E-state index in [0.29, 0.717) is 0 Å². The van der Waals surface area contributed by atoms with Crippen LogP contribution in [0.3, 0.4) is 0 Å². The fourth-order valence-electron chi connectivity index (χ4n) is 2.83. The van der Waals surface area contributed by atoms with Crippen molar-refractivity contribution < 1.29 is 33.0 Å². The molecule has 0 aliphatic carbocycles. The molecule has 7 nitrogen and oxygen atoms in total. The van der Waals surface area contributed by atoms with Crippen molar-refractivity contribution in [3.63, 3.8) is 0 Å². The molecule has 2 rings (SSSR count). The number of ether oxygens (including phenoxy) is 3. The second kappa shape index (κ2) is 10.5. The summed E-state index contributed by atoms with van der Waals surface area (Å²) in [5, 5.41) is 2.42. The van der Waals surface area contributed by atoms with E-state index in [1.54, 1.807) is 65.8 Å². The number of halogens is 1. The molecule has 0 aliphatic heterocycles. The molecule has 0 aromatic heterocycles. The zero-order chi connectivity index (χ0) is 24.8. The Morgan fingerprint density at radius 1 is 0.879 bits per heavy atom. The first-order valence-corrected chi connectivity index (χ1v) is 10.5. The quantitative estimate of drug-likeness (QED) is 0.356. The second-order valence-corrected chi connectivity index (χ2v) is 9.42. The first-order valence-electron chi connectivity index (χ1n) is 10.5. The van der Waals surface area contributed by atoms with Gasteiger partial charge in [-0.25, -0.2) is 9.18 Å². The van der Waals surface area contributed by atoms with E-state index < -0.39 is 41.0 Å². The van der Waals surface area contributed by atoms with Gasteiger partial charge in [-0.1, -0.05) is 36.4 Å². The van der Waals surface area contributed by atoms with Gasteiger partial charge in [-0.15, -0.1) is 0 Å². The number of hydrogen-bond acceptors (Lipinski definition) is 6. The third kappa shape index (κ3) is 8.56. The van der Waals surface area contributed by atoms with Gasteiger partial charge in [-0.3, -0.25) is 14.9 Å². The van der Waals surface area contributed by atoms with E-state index in [1.165, 1.54) is 6.07 Å². The zero-order valence-corrected chi connectivity index (χ0v) is 19.7. The molecule has 178 valence electrons. The van der Waals surface area contributed by atoms with Crippen molar-refractivity contribution in [2.45, 2.75) is 65.3 Å². The molecular weight excluding hydrogens is 429 g/mol. The number of carbonyl (C=O) groups is 3. The molecule has 0 fully saturated rings. The number of anilines is 1. The third-order valence-electron chi connectivity index (χ3n) is 4.06. The van der Waals surface area contributed by atoms with Crippen LogP contribution < -0.4 is 5.32 Å². The van der Waals surface area contributed by atoms with Gasteiger partial charge < -0.3 is 14.2 Å². The van der Waals surface area contributed by atoms with Gasteiger partial charge in [0.25, 0.3) is 0 Å². The van der Waals surface area contributed by atoms with Crippen LogP contribution in [0.15, 0.2) is 48.5 Å². The van der Waals surface area contributed by atoms with Crippen LogP contribution in [0.4, 0.5) is 14.9 Å². The Kier molecular flexibility index (Phi) is 8.19. The Bertz CT molecular complexity index is 964. The molecule has 0 heterocycles. The fraction of sp³-hybridized carbons (Fsp3) is 0.400. The molecule has 0 saturated carbocycles. The number of benzene rings is 2. The summed E-state index contributed by atoms with van der Waals surface area (Å²) in [5.74, 6) is -3.99. The molecule has 0 spiro atoms. The van der Waals surface area contributed by atoms with E-state index in [4.69, 9.17) is 14.2 Å². The van der Waals surface area contributed by atoms with E-state index in [-0.39, 0.29) is 17.9 Å². The minimum absolute atomic E-state index is 0.0150. The SMILES string of the molecule is CC(C)(C)OC(=O)C(C(=O)OC(C)(C)C)c1ccc(F)cc1NC(=O)OCc1ccccc1. The van der Waals surface area contributed by atoms with Crippen molar-refractivity contribution in [2.24, 2.45) is 0 Å². The predicted octanol–water partition coefficient (Wildman–Crippen LogP) is 5.34. The third-order valence-corrected chi connectivity index (χ3v) is 4.06. The molecule has 0 unspecified atom stereocenters. The largest absolute Gasteiger partial charge is 0.459 e. The first-order chi connectivity index (χ1) is 15.2. The van der Waals surface area contributed by atoms with Crippen LogP contribution in [0.2, 0.25) is 0 Å². The summed E-state index contributed by atoms with van der Waals surface area (Å²) in [7, 11) is 0. The highest BCUT2D eigenvalue weighted by atomic mass is 19.1. The molecule has 33 heavy (non-hydrogen) atoms. The average molecular weight is 460 g/mol. The molecule has 8 heteroatoms. The van der Waals surface area contributed by atoms with Gasteiger partial charge in [0.1, 0.15) is 23.6 Å². The molecule has 2 aromatic rings. The van der Waals surface area contributed by atoms with Gasteiger partial charge in [0.2, 0.25) is 0 Å². The van der Waals surface area contributed by atoms with Gasteiger partial charge in [0.05, 0.1) is 5.69 Å². The van der Waals surface area contributed by atoms with E-state index in [1.807, 2.05) is 6.07 Å². The van der Waals surface area contributed by atoms with Gasteiger partial charge >= 0.3 is 18.0 Å². The summed E-state index contributed by atoms with van der Waals surface area (Å²) in [4.78, 5) is 38.3. The summed E-state index contributed by atoms with van der Waals surface area (Å²) >= 11 is 0. The van der Waals surface area contributed by atoms with Gasteiger partial charge in [0, 0.05) is 5.56 Å². The zero-order valence-electron chi connectivity index (χ0n) is 19.7. The average Bonchev–Trinajstić information content (AvgIpc) is 2.66. The number of amides is 1. The van der Waals surface area contributed by atoms with Crippen molar-refractivity contribution in [1.82, 2.24) is 0 Å². The van der Waals surface area contributed by atoms with Crippen LogP contribution in [0.1, 0.15) is 58.6 Å². The minimum Gasteiger partial charge on any atom is -0.459 e. The van der Waals surface area contributed by atoms with Crippen LogP contribution in [0.5, 0.6) is 0 Å². The lowest BCUT2D eigenvalue weighted by Crippen LogP contribution is -2.36. The standard InChI is InChI=1S/C25H30FNO6/c1-24(2,3)32-21(28)20(22(29)33-25(4,5)6)18-13-12-17(26)14-19(18)27-23(30)31-15-16-10-8-7-9-11-16/h7-14,20H,15H2,1-6H3,(H,27,30). The highest BCUT2D eigenvalue weighted by molar-refractivity contribution is 6.03. The monoisotopic (exact) mass is 459 g/mol. The number of hydrogen-bond donors (Lipinski definition) is 1. The summed E-state index contributed by atoms with van der Waals surface area (Å²) in [6, 6.07) is 12.3. The molecule has 0 aliphatic rings. The Hall–Kier alpha value is -3.42. The van der Waals surface area contributed by atoms with Crippen molar-refractivity contribution in [2.75, 3.05) is 5.32 Å². The van der Waals surface area contributed by atoms with Crippen LogP contribution in [0.25, 0.3) is 0 Å². The lowest BCUT2D eigenvalue weighted by Gasteiger charge is -2.27. The van der Waals surface area contributed by atoms with E-state index in [0.717, 1.165) is 17.7 Å². The van der Waals surface area contributed by atoms with Gasteiger partial charge in [-0.2, -0.15) is 0 Å². The minimum atomic E-state index is -1.55. The van der Waals surface area contributed by atoms with E-state index >= 15 is 0 Å². The van der Waals surface area contributed by atoms with Crippen LogP contribution in [0, 0.1) is 5.82 Å². The molecule has 2 aromatic carbocycles. The Morgan fingerprint density at radius 3 is 1.94 bits per heavy atom. The van der Waals surface area contributed by atoms with Crippen molar-refractivity contribution in [3.8, 4) is 0 Å². The summed E-state index contributed by atoms with van der Waals surface area (Å²) in [5.41, 5.74) is -1.10. The Labute approximate surface area is 193 Å². The normalized spacial score (nSPS) is 11.6. The van der Waals surface area contributed by atoms with Gasteiger partial charge in [0.15, 0.2) is 5.92 Å². The topological polar surface area (TPSA) is 90.9 Å². The van der Waals surface area contributed by atoms with E-state index in [9.17, 15) is 18.8 Å². The molecule has 0 bridgehead atoms. The maximum atomic E-state index is 14.0. The summed E-state index contributed by atoms with van der Waals surface area (Å²) in [6.45, 7) is 9.91. The lowest BCUT2D eigenvalue weighted by atomic mass is 9.96. The van der Waals surface area contributed by atoms with Gasteiger partial charge in [-0.05, 0) is 59.2 Å². The Balaban J connectivity index is 2.35. The molecule has 0 radical (unpaired) electrons. The van der Waals surface area contributed by atoms with Crippen molar-refractivity contribution in [3.05, 3.63) is 65.5 Å². The molecule has 0 saturated heterocycles. The van der Waals surface area contributed by atoms with E-state index in [2.05, 4.69) is 5.32 Å². The van der Waals surface area contributed by atoms with Crippen LogP contribution in [-0.2, 0) is 30.4 Å². The molecular formula is C25H30FNO6. The smallest absolute Gasteiger partial charge is 0.411 e. The number of nitrogens with one attached hydrogen (secondary N) is 1. The number of carbonyl (C=O) groups excluding carboxylic acids is 3. The van der Waals surface area contributed by atoms with Crippen molar-refractivity contribution >= 4 is 23.7 Å². The summed E-state index contributed by atoms with van der Waals surface area (Å²) in [6.07, 6.45) is -0.877. The number of rotatable bonds is 6. The lowest BCUT2D eigenvalue weighted by molar-refractivity contribution is -0.169. The Morgan fingerprint density at radius 2 is 1.42 bits per heavy atom. The van der Waals surface area contributed by atoms with Crippen molar-refractivity contribution in [1.29, 1.82) is 0 Å². The van der Waals surface area contributed by atoms with Crippen LogP contribution >= 0.6 is 0 Å². The highest BCUT2D eigenvalue weighted by Crippen LogP contribution is 2.31. The second-order valence-electron chi connectivity index (χ2n) is 9.42. The predicted molar refractivity (Wildman–Crippen MR) is 121 cm³/mol. The highest BCUT2D eigenvalue weighted by Gasteiger charge is 2.38. The summed E-state index contributed by atoms with van der Waals surface area (Å²) < 4.78 is 30.0. The number of esters is 2. The maximum Gasteiger partial charge on any atom is 0.411 e. The molecule has 0 atom stereocenters. The molecule has 1 amide bonds.